The number of allylic oxidation sites excluding steroid dienone is 1. The monoisotopic (exact) mass is 371 g/mol. The van der Waals surface area contributed by atoms with E-state index in [1.807, 2.05) is 78.9 Å². The molecule has 0 aliphatic rings. The maximum absolute atomic E-state index is 9.15. The third-order valence-corrected chi connectivity index (χ3v) is 4.75. The average molecular weight is 371 g/mol. The lowest BCUT2D eigenvalue weighted by atomic mass is 10.00. The molecule has 136 valence electrons. The molecule has 3 heteroatoms. The fourth-order valence-corrected chi connectivity index (χ4v) is 3.45. The summed E-state index contributed by atoms with van der Waals surface area (Å²) in [6.45, 7) is 0. The van der Waals surface area contributed by atoms with Crippen LogP contribution < -0.4 is 4.90 Å². The number of para-hydroxylation sites is 2. The fraction of sp³-hybridized carbons (Fsp3) is 0. The molecule has 3 nitrogen and oxygen atoms in total. The Balaban J connectivity index is 1.98. The van der Waals surface area contributed by atoms with Crippen LogP contribution in [0.5, 0.6) is 0 Å². The van der Waals surface area contributed by atoms with E-state index in [0.29, 0.717) is 0 Å². The number of nitriles is 2. The van der Waals surface area contributed by atoms with Gasteiger partial charge in [-0.05, 0) is 47.4 Å². The first-order valence-corrected chi connectivity index (χ1v) is 9.25. The molecule has 29 heavy (non-hydrogen) atoms. The molecule has 0 saturated carbocycles. The average Bonchev–Trinajstić information content (AvgIpc) is 2.80. The van der Waals surface area contributed by atoms with E-state index < -0.39 is 0 Å². The van der Waals surface area contributed by atoms with E-state index in [4.69, 9.17) is 10.5 Å². The minimum atomic E-state index is 0.0888. The lowest BCUT2D eigenvalue weighted by Gasteiger charge is -2.27. The van der Waals surface area contributed by atoms with E-state index in [0.717, 1.165) is 33.4 Å². The molecule has 0 bridgehead atoms. The van der Waals surface area contributed by atoms with Crippen LogP contribution in [0.3, 0.4) is 0 Å². The second-order valence-electron chi connectivity index (χ2n) is 6.51. The molecular formula is C26H17N3. The van der Waals surface area contributed by atoms with E-state index >= 15 is 0 Å². The summed E-state index contributed by atoms with van der Waals surface area (Å²) in [4.78, 5) is 2.21. The fourth-order valence-electron chi connectivity index (χ4n) is 3.45. The van der Waals surface area contributed by atoms with Crippen molar-refractivity contribution in [2.45, 2.75) is 0 Å². The van der Waals surface area contributed by atoms with E-state index in [1.165, 1.54) is 0 Å². The molecule has 0 aliphatic carbocycles. The van der Waals surface area contributed by atoms with Crippen LogP contribution >= 0.6 is 0 Å². The zero-order valence-electron chi connectivity index (χ0n) is 15.7. The summed E-state index contributed by atoms with van der Waals surface area (Å²) in [6, 6.07) is 36.4. The Hall–Kier alpha value is -4.34. The van der Waals surface area contributed by atoms with Gasteiger partial charge in [-0.3, -0.25) is 0 Å². The van der Waals surface area contributed by atoms with Gasteiger partial charge in [0.2, 0.25) is 0 Å². The highest BCUT2D eigenvalue weighted by Gasteiger charge is 2.15. The number of hydrogen-bond acceptors (Lipinski definition) is 3. The molecule has 0 spiro atoms. The van der Waals surface area contributed by atoms with Gasteiger partial charge in [-0.1, -0.05) is 66.7 Å². The normalized spacial score (nSPS) is 10.0. The zero-order valence-corrected chi connectivity index (χ0v) is 15.7. The third-order valence-electron chi connectivity index (χ3n) is 4.75. The predicted octanol–water partition coefficient (Wildman–Crippen LogP) is 6.74. The summed E-state index contributed by atoms with van der Waals surface area (Å²) in [5, 5.41) is 20.3. The summed E-state index contributed by atoms with van der Waals surface area (Å²) < 4.78 is 0. The molecule has 4 aromatic carbocycles. The number of fused-ring (bicyclic) bond motifs is 1. The van der Waals surface area contributed by atoms with Crippen LogP contribution in [0, 0.1) is 22.7 Å². The summed E-state index contributed by atoms with van der Waals surface area (Å²) in [5.41, 5.74) is 4.09. The number of nitrogens with zero attached hydrogens (tertiary/aromatic N) is 3. The maximum atomic E-state index is 9.15. The third kappa shape index (κ3) is 3.58. The Bertz CT molecular complexity index is 1200. The Labute approximate surface area is 170 Å². The minimum absolute atomic E-state index is 0.0888. The molecule has 0 saturated heterocycles. The smallest absolute Gasteiger partial charge is 0.130 e. The van der Waals surface area contributed by atoms with Gasteiger partial charge in [-0.25, -0.2) is 0 Å². The zero-order chi connectivity index (χ0) is 20.1. The molecule has 0 aliphatic heterocycles. The first kappa shape index (κ1) is 18.0. The molecule has 0 radical (unpaired) electrons. The molecule has 4 aromatic rings. The highest BCUT2D eigenvalue weighted by Crippen LogP contribution is 2.39. The van der Waals surface area contributed by atoms with Crippen molar-refractivity contribution in [2.24, 2.45) is 0 Å². The predicted molar refractivity (Wildman–Crippen MR) is 118 cm³/mol. The van der Waals surface area contributed by atoms with Crippen LogP contribution in [0.2, 0.25) is 0 Å². The maximum Gasteiger partial charge on any atom is 0.130 e. The van der Waals surface area contributed by atoms with E-state index in [9.17, 15) is 0 Å². The molecule has 0 fully saturated rings. The van der Waals surface area contributed by atoms with Crippen molar-refractivity contribution in [1.29, 1.82) is 10.5 Å². The Kier molecular flexibility index (Phi) is 5.06. The van der Waals surface area contributed by atoms with Crippen molar-refractivity contribution in [3.05, 3.63) is 108 Å². The highest BCUT2D eigenvalue weighted by atomic mass is 15.1. The van der Waals surface area contributed by atoms with Gasteiger partial charge in [0, 0.05) is 16.8 Å². The van der Waals surface area contributed by atoms with E-state index in [1.54, 1.807) is 6.08 Å². The van der Waals surface area contributed by atoms with Crippen molar-refractivity contribution >= 4 is 33.9 Å². The van der Waals surface area contributed by atoms with Gasteiger partial charge >= 0.3 is 0 Å². The second kappa shape index (κ2) is 8.13. The Morgan fingerprint density at radius 2 is 1.14 bits per heavy atom. The summed E-state index contributed by atoms with van der Waals surface area (Å²) in [5.74, 6) is 0. The van der Waals surface area contributed by atoms with Gasteiger partial charge < -0.3 is 4.90 Å². The highest BCUT2D eigenvalue weighted by molar-refractivity contribution is 6.03. The van der Waals surface area contributed by atoms with Gasteiger partial charge in [0.25, 0.3) is 0 Å². The van der Waals surface area contributed by atoms with Crippen LogP contribution in [0.4, 0.5) is 17.1 Å². The van der Waals surface area contributed by atoms with Gasteiger partial charge in [-0.2, -0.15) is 10.5 Å². The molecule has 0 N–H and O–H groups in total. The van der Waals surface area contributed by atoms with E-state index in [-0.39, 0.29) is 5.57 Å². The molecule has 0 atom stereocenters. The first-order chi connectivity index (χ1) is 14.3. The number of hydrogen-bond donors (Lipinski definition) is 0. The first-order valence-electron chi connectivity index (χ1n) is 9.25. The lowest BCUT2D eigenvalue weighted by molar-refractivity contribution is 1.30. The summed E-state index contributed by atoms with van der Waals surface area (Å²) in [7, 11) is 0. The van der Waals surface area contributed by atoms with Gasteiger partial charge in [0.15, 0.2) is 0 Å². The molecule has 0 amide bonds. The largest absolute Gasteiger partial charge is 0.310 e. The topological polar surface area (TPSA) is 50.8 Å². The van der Waals surface area contributed by atoms with Gasteiger partial charge in [0.1, 0.15) is 17.7 Å². The molecule has 0 aromatic heterocycles. The van der Waals surface area contributed by atoms with E-state index in [2.05, 4.69) is 35.2 Å². The summed E-state index contributed by atoms with van der Waals surface area (Å²) in [6.07, 6.45) is 1.64. The molecular weight excluding hydrogens is 354 g/mol. The van der Waals surface area contributed by atoms with Crippen molar-refractivity contribution in [2.75, 3.05) is 4.90 Å². The minimum Gasteiger partial charge on any atom is -0.310 e. The Morgan fingerprint density at radius 1 is 0.621 bits per heavy atom. The number of benzene rings is 4. The quantitative estimate of drug-likeness (QED) is 0.373. The molecule has 0 heterocycles. The van der Waals surface area contributed by atoms with Crippen LogP contribution in [0.1, 0.15) is 5.56 Å². The Morgan fingerprint density at radius 3 is 1.69 bits per heavy atom. The second-order valence-corrected chi connectivity index (χ2v) is 6.51. The van der Waals surface area contributed by atoms with Crippen molar-refractivity contribution < 1.29 is 0 Å². The van der Waals surface area contributed by atoms with Crippen molar-refractivity contribution in [3.63, 3.8) is 0 Å². The van der Waals surface area contributed by atoms with Crippen LogP contribution in [0.25, 0.3) is 16.8 Å². The van der Waals surface area contributed by atoms with Crippen LogP contribution in [-0.4, -0.2) is 0 Å². The van der Waals surface area contributed by atoms with Crippen LogP contribution in [0.15, 0.2) is 103 Å². The summed E-state index contributed by atoms with van der Waals surface area (Å²) >= 11 is 0. The van der Waals surface area contributed by atoms with Gasteiger partial charge in [0.05, 0.1) is 5.69 Å². The van der Waals surface area contributed by atoms with Crippen molar-refractivity contribution in [1.82, 2.24) is 0 Å². The van der Waals surface area contributed by atoms with Crippen LogP contribution in [-0.2, 0) is 0 Å². The lowest BCUT2D eigenvalue weighted by Crippen LogP contribution is -2.10. The molecule has 4 rings (SSSR count). The number of rotatable bonds is 4. The standard InChI is InChI=1S/C26H17N3/c27-18-20(19-28)17-21-15-16-26(25-14-8-7-13-24(21)25)29(22-9-3-1-4-10-22)23-11-5-2-6-12-23/h1-17H. The van der Waals surface area contributed by atoms with Gasteiger partial charge in [-0.15, -0.1) is 0 Å². The SMILES string of the molecule is N#CC(C#N)=Cc1ccc(N(c2ccccc2)c2ccccc2)c2ccccc12. The number of anilines is 3. The van der Waals surface area contributed by atoms with Crippen molar-refractivity contribution in [3.8, 4) is 12.1 Å². The molecule has 0 unspecified atom stereocenters.